The summed E-state index contributed by atoms with van der Waals surface area (Å²) in [5, 5.41) is 12.8. The van der Waals surface area contributed by atoms with Crippen molar-refractivity contribution in [2.45, 2.75) is 12.3 Å². The summed E-state index contributed by atoms with van der Waals surface area (Å²) >= 11 is 5.61. The molecule has 0 amide bonds. The average Bonchev–Trinajstić information content (AvgIpc) is 2.44. The summed E-state index contributed by atoms with van der Waals surface area (Å²) in [6, 6.07) is 5.90. The number of benzene rings is 1. The first kappa shape index (κ1) is 15.5. The molecule has 1 heterocycles. The molecular formula is C13H11ClF3N3O. The lowest BCUT2D eigenvalue weighted by molar-refractivity contribution is -0.137. The number of rotatable bonds is 4. The molecule has 0 bridgehead atoms. The van der Waals surface area contributed by atoms with Crippen LogP contribution < -0.4 is 5.32 Å². The fourth-order valence-electron chi connectivity index (χ4n) is 1.65. The van der Waals surface area contributed by atoms with Gasteiger partial charge in [-0.05, 0) is 35.4 Å². The molecular weight excluding hydrogens is 307 g/mol. The van der Waals surface area contributed by atoms with Gasteiger partial charge in [0, 0.05) is 12.7 Å². The highest BCUT2D eigenvalue weighted by atomic mass is 35.5. The topological polar surface area (TPSA) is 58.0 Å². The molecule has 0 fully saturated rings. The molecule has 1 aromatic carbocycles. The van der Waals surface area contributed by atoms with E-state index in [9.17, 15) is 18.3 Å². The first-order chi connectivity index (χ1) is 9.86. The number of hydrogen-bond acceptors (Lipinski definition) is 4. The number of aliphatic hydroxyl groups is 1. The van der Waals surface area contributed by atoms with Gasteiger partial charge in [0.15, 0.2) is 0 Å². The molecule has 8 heteroatoms. The highest BCUT2D eigenvalue weighted by molar-refractivity contribution is 6.28. The number of nitrogens with one attached hydrogen (secondary N) is 1. The van der Waals surface area contributed by atoms with Gasteiger partial charge in [-0.25, -0.2) is 9.97 Å². The maximum Gasteiger partial charge on any atom is 0.416 e. The van der Waals surface area contributed by atoms with Gasteiger partial charge in [0.05, 0.1) is 11.7 Å². The predicted molar refractivity (Wildman–Crippen MR) is 71.9 cm³/mol. The lowest BCUT2D eigenvalue weighted by Gasteiger charge is -2.14. The Hall–Kier alpha value is -1.86. The summed E-state index contributed by atoms with van der Waals surface area (Å²) in [5.41, 5.74) is -0.385. The molecule has 2 rings (SSSR count). The predicted octanol–water partition coefficient (Wildman–Crippen LogP) is 3.29. The van der Waals surface area contributed by atoms with Crippen LogP contribution >= 0.6 is 11.6 Å². The lowest BCUT2D eigenvalue weighted by Crippen LogP contribution is -2.13. The number of anilines is 1. The van der Waals surface area contributed by atoms with Gasteiger partial charge in [0.1, 0.15) is 5.82 Å². The Balaban J connectivity index is 1.99. The summed E-state index contributed by atoms with van der Waals surface area (Å²) < 4.78 is 37.3. The molecule has 112 valence electrons. The van der Waals surface area contributed by atoms with Crippen molar-refractivity contribution in [1.82, 2.24) is 9.97 Å². The minimum atomic E-state index is -4.39. The van der Waals surface area contributed by atoms with Crippen LogP contribution in [0.4, 0.5) is 19.0 Å². The van der Waals surface area contributed by atoms with Crippen LogP contribution in [0.1, 0.15) is 17.2 Å². The Morgan fingerprint density at radius 1 is 1.19 bits per heavy atom. The zero-order valence-corrected chi connectivity index (χ0v) is 11.4. The van der Waals surface area contributed by atoms with E-state index < -0.39 is 17.8 Å². The molecule has 0 aliphatic carbocycles. The number of hydrogen-bond donors (Lipinski definition) is 2. The maximum atomic E-state index is 12.4. The Kier molecular flexibility index (Phi) is 4.64. The maximum absolute atomic E-state index is 12.4. The second-order valence-electron chi connectivity index (χ2n) is 4.23. The fourth-order valence-corrected chi connectivity index (χ4v) is 1.79. The summed E-state index contributed by atoms with van der Waals surface area (Å²) in [4.78, 5) is 7.57. The van der Waals surface area contributed by atoms with Crippen LogP contribution in [0.3, 0.4) is 0 Å². The minimum Gasteiger partial charge on any atom is -0.387 e. The molecule has 2 N–H and O–H groups in total. The Morgan fingerprint density at radius 3 is 2.43 bits per heavy atom. The van der Waals surface area contributed by atoms with Crippen molar-refractivity contribution in [2.24, 2.45) is 0 Å². The van der Waals surface area contributed by atoms with E-state index in [0.29, 0.717) is 11.4 Å². The van der Waals surface area contributed by atoms with E-state index in [0.717, 1.165) is 12.1 Å². The molecule has 0 radical (unpaired) electrons. The lowest BCUT2D eigenvalue weighted by atomic mass is 10.1. The van der Waals surface area contributed by atoms with Gasteiger partial charge in [0.2, 0.25) is 5.28 Å². The first-order valence-electron chi connectivity index (χ1n) is 5.94. The smallest absolute Gasteiger partial charge is 0.387 e. The van der Waals surface area contributed by atoms with Crippen molar-refractivity contribution in [2.75, 3.05) is 11.9 Å². The molecule has 0 saturated carbocycles. The average molecular weight is 318 g/mol. The number of aliphatic hydroxyl groups excluding tert-OH is 1. The Morgan fingerprint density at radius 2 is 1.86 bits per heavy atom. The summed E-state index contributed by atoms with van der Waals surface area (Å²) in [6.45, 7) is 0.0821. The van der Waals surface area contributed by atoms with E-state index in [1.807, 2.05) is 0 Å². The van der Waals surface area contributed by atoms with E-state index >= 15 is 0 Å². The van der Waals surface area contributed by atoms with E-state index in [1.165, 1.54) is 18.3 Å². The van der Waals surface area contributed by atoms with Crippen LogP contribution in [0.15, 0.2) is 36.5 Å². The third-order valence-corrected chi connectivity index (χ3v) is 2.91. The van der Waals surface area contributed by atoms with Crippen molar-refractivity contribution in [3.05, 3.63) is 52.9 Å². The minimum absolute atomic E-state index is 0.0593. The van der Waals surface area contributed by atoms with Crippen molar-refractivity contribution < 1.29 is 18.3 Å². The van der Waals surface area contributed by atoms with E-state index in [1.54, 1.807) is 6.07 Å². The molecule has 1 aromatic heterocycles. The molecule has 2 aromatic rings. The summed E-state index contributed by atoms with van der Waals surface area (Å²) in [5.74, 6) is 0.418. The quantitative estimate of drug-likeness (QED) is 0.850. The second-order valence-corrected chi connectivity index (χ2v) is 4.57. The molecule has 0 spiro atoms. The normalized spacial score (nSPS) is 13.0. The molecule has 1 unspecified atom stereocenters. The van der Waals surface area contributed by atoms with E-state index in [-0.39, 0.29) is 11.8 Å². The van der Waals surface area contributed by atoms with Crippen LogP contribution in [-0.2, 0) is 6.18 Å². The van der Waals surface area contributed by atoms with E-state index in [2.05, 4.69) is 15.3 Å². The van der Waals surface area contributed by atoms with E-state index in [4.69, 9.17) is 11.6 Å². The van der Waals surface area contributed by atoms with Gasteiger partial charge in [-0.2, -0.15) is 13.2 Å². The van der Waals surface area contributed by atoms with Crippen LogP contribution in [-0.4, -0.2) is 21.6 Å². The first-order valence-corrected chi connectivity index (χ1v) is 6.31. The highest BCUT2D eigenvalue weighted by Crippen LogP contribution is 2.29. The van der Waals surface area contributed by atoms with Gasteiger partial charge >= 0.3 is 6.18 Å². The third kappa shape index (κ3) is 4.30. The Bertz CT molecular complexity index is 604. The zero-order valence-electron chi connectivity index (χ0n) is 10.6. The molecule has 1 atom stereocenters. The monoisotopic (exact) mass is 317 g/mol. The second kappa shape index (κ2) is 6.28. The molecule has 4 nitrogen and oxygen atoms in total. The van der Waals surface area contributed by atoms with Crippen molar-refractivity contribution in [3.8, 4) is 0 Å². The highest BCUT2D eigenvalue weighted by Gasteiger charge is 2.30. The van der Waals surface area contributed by atoms with Crippen LogP contribution in [0.2, 0.25) is 5.28 Å². The largest absolute Gasteiger partial charge is 0.416 e. The number of nitrogens with zero attached hydrogens (tertiary/aromatic N) is 2. The van der Waals surface area contributed by atoms with Gasteiger partial charge < -0.3 is 10.4 Å². The van der Waals surface area contributed by atoms with Gasteiger partial charge in [-0.15, -0.1) is 0 Å². The summed E-state index contributed by atoms with van der Waals surface area (Å²) in [7, 11) is 0. The molecule has 0 saturated heterocycles. The zero-order chi connectivity index (χ0) is 15.5. The van der Waals surface area contributed by atoms with Crippen molar-refractivity contribution in [1.29, 1.82) is 0 Å². The standard InChI is InChI=1S/C13H11ClF3N3O/c14-12-18-6-5-11(20-12)19-7-10(21)8-1-3-9(4-2-8)13(15,16)17/h1-6,10,21H,7H2,(H,18,19,20). The Labute approximate surface area is 123 Å². The van der Waals surface area contributed by atoms with Gasteiger partial charge in [0.25, 0.3) is 0 Å². The third-order valence-electron chi connectivity index (χ3n) is 2.73. The van der Waals surface area contributed by atoms with Crippen LogP contribution in [0.5, 0.6) is 0 Å². The van der Waals surface area contributed by atoms with Crippen molar-refractivity contribution in [3.63, 3.8) is 0 Å². The SMILES string of the molecule is OC(CNc1ccnc(Cl)n1)c1ccc(C(F)(F)F)cc1. The van der Waals surface area contributed by atoms with Gasteiger partial charge in [-0.1, -0.05) is 12.1 Å². The molecule has 0 aliphatic rings. The van der Waals surface area contributed by atoms with Gasteiger partial charge in [-0.3, -0.25) is 0 Å². The molecule has 21 heavy (non-hydrogen) atoms. The molecule has 0 aliphatic heterocycles. The van der Waals surface area contributed by atoms with Crippen molar-refractivity contribution >= 4 is 17.4 Å². The number of aromatic nitrogens is 2. The van der Waals surface area contributed by atoms with Crippen LogP contribution in [0, 0.1) is 0 Å². The fraction of sp³-hybridized carbons (Fsp3) is 0.231. The summed E-state index contributed by atoms with van der Waals surface area (Å²) in [6.07, 6.45) is -3.91. The van der Waals surface area contributed by atoms with Crippen LogP contribution in [0.25, 0.3) is 0 Å². The number of alkyl halides is 3. The number of halogens is 4.